The molecule has 1 aliphatic heterocycles. The molecule has 0 saturated carbocycles. The average Bonchev–Trinajstić information content (AvgIpc) is 3.46. The summed E-state index contributed by atoms with van der Waals surface area (Å²) in [6.07, 6.45) is -2.79. The zero-order valence-corrected chi connectivity index (χ0v) is 24.8. The molecule has 222 valence electrons. The topological polar surface area (TPSA) is 93.5 Å². The number of carbonyl (C=O) groups excluding carboxylic acids is 1. The Morgan fingerprint density at radius 2 is 1.79 bits per heavy atom. The van der Waals surface area contributed by atoms with E-state index in [1.165, 1.54) is 12.1 Å². The average molecular weight is 640 g/mol. The number of hydrogen-bond acceptors (Lipinski definition) is 5. The van der Waals surface area contributed by atoms with Gasteiger partial charge in [0.15, 0.2) is 0 Å². The van der Waals surface area contributed by atoms with E-state index < -0.39 is 38.3 Å². The van der Waals surface area contributed by atoms with E-state index in [1.54, 1.807) is 48.3 Å². The van der Waals surface area contributed by atoms with Crippen molar-refractivity contribution in [1.82, 2.24) is 9.80 Å². The predicted molar refractivity (Wildman–Crippen MR) is 155 cm³/mol. The van der Waals surface area contributed by atoms with Gasteiger partial charge in [0.05, 0.1) is 44.6 Å². The first kappa shape index (κ1) is 31.6. The van der Waals surface area contributed by atoms with Crippen molar-refractivity contribution in [3.63, 3.8) is 0 Å². The van der Waals surface area contributed by atoms with Gasteiger partial charge in [-0.15, -0.1) is 0 Å². The zero-order chi connectivity index (χ0) is 30.7. The van der Waals surface area contributed by atoms with Gasteiger partial charge in [0, 0.05) is 19.3 Å². The maximum atomic E-state index is 13.4. The first-order chi connectivity index (χ1) is 19.8. The third kappa shape index (κ3) is 7.55. The van der Waals surface area contributed by atoms with E-state index in [0.29, 0.717) is 33.8 Å². The second kappa shape index (κ2) is 12.9. The molecule has 13 heteroatoms. The second-order valence-corrected chi connectivity index (χ2v) is 12.5. The molecule has 0 bridgehead atoms. The molecule has 0 aromatic heterocycles. The molecule has 42 heavy (non-hydrogen) atoms. The van der Waals surface area contributed by atoms with Gasteiger partial charge < -0.3 is 9.80 Å². The van der Waals surface area contributed by atoms with Crippen molar-refractivity contribution in [1.29, 1.82) is 5.26 Å². The van der Waals surface area contributed by atoms with Crippen LogP contribution < -0.4 is 4.72 Å². The molecule has 0 spiro atoms. The molecule has 1 aliphatic rings. The number of halogens is 5. The minimum Gasteiger partial charge on any atom is -0.337 e. The van der Waals surface area contributed by atoms with Crippen LogP contribution in [0.4, 0.5) is 18.9 Å². The quantitative estimate of drug-likeness (QED) is 0.288. The third-order valence-electron chi connectivity index (χ3n) is 7.08. The van der Waals surface area contributed by atoms with Gasteiger partial charge in [-0.1, -0.05) is 41.4 Å². The van der Waals surface area contributed by atoms with E-state index in [2.05, 4.69) is 9.62 Å². The van der Waals surface area contributed by atoms with Gasteiger partial charge in [-0.05, 0) is 79.5 Å². The number of likely N-dealkylation sites (tertiary alicyclic amines) is 1. The summed E-state index contributed by atoms with van der Waals surface area (Å²) in [5.41, 5.74) is -0.579. The highest BCUT2D eigenvalue weighted by Crippen LogP contribution is 2.34. The van der Waals surface area contributed by atoms with Gasteiger partial charge in [0.1, 0.15) is 0 Å². The molecular weight excluding hydrogens is 612 g/mol. The smallest absolute Gasteiger partial charge is 0.337 e. The lowest BCUT2D eigenvalue weighted by atomic mass is 10.0. The van der Waals surface area contributed by atoms with Crippen molar-refractivity contribution in [2.75, 3.05) is 31.4 Å². The number of nitrogens with one attached hydrogen (secondary N) is 1. The number of carbonyl (C=O) groups is 1. The number of amides is 1. The lowest BCUT2D eigenvalue weighted by Gasteiger charge is -2.32. The molecule has 3 aromatic rings. The molecule has 3 aromatic carbocycles. The van der Waals surface area contributed by atoms with Crippen LogP contribution in [0.3, 0.4) is 0 Å². The number of alkyl halides is 3. The molecule has 1 saturated heterocycles. The van der Waals surface area contributed by atoms with E-state index in [9.17, 15) is 26.4 Å². The molecule has 1 N–H and O–H groups in total. The van der Waals surface area contributed by atoms with Crippen molar-refractivity contribution in [3.05, 3.63) is 93.0 Å². The van der Waals surface area contributed by atoms with E-state index in [0.717, 1.165) is 38.1 Å². The highest BCUT2D eigenvalue weighted by atomic mass is 35.5. The van der Waals surface area contributed by atoms with E-state index in [1.807, 2.05) is 0 Å². The van der Waals surface area contributed by atoms with Crippen molar-refractivity contribution in [2.45, 2.75) is 36.4 Å². The number of nitriles is 1. The molecule has 0 radical (unpaired) electrons. The number of nitrogens with zero attached hydrogens (tertiary/aromatic N) is 3. The standard InChI is InChI=1S/C29H27Cl2F3N4O3S/c1-37(28(39)14-19-7-10-25(30)26(31)13-19)27(18-38-11-2-3-12-38)20-5-4-6-22(15-20)36-42(40,41)23-9-8-21(17-35)24(16-23)29(32,33)34/h4-10,13,15-16,27,36H,2-3,11-12,14,18H2,1H3/t27-/m1/s1. The lowest BCUT2D eigenvalue weighted by molar-refractivity contribution is -0.138. The van der Waals surface area contributed by atoms with Gasteiger partial charge in [-0.2, -0.15) is 18.4 Å². The summed E-state index contributed by atoms with van der Waals surface area (Å²) in [5.74, 6) is -0.194. The Labute approximate surface area is 252 Å². The van der Waals surface area contributed by atoms with Crippen LogP contribution in [0, 0.1) is 11.3 Å². The fourth-order valence-electron chi connectivity index (χ4n) is 4.83. The van der Waals surface area contributed by atoms with Crippen molar-refractivity contribution < 1.29 is 26.4 Å². The van der Waals surface area contributed by atoms with Crippen LogP contribution in [0.2, 0.25) is 10.0 Å². The number of anilines is 1. The molecule has 1 fully saturated rings. The summed E-state index contributed by atoms with van der Waals surface area (Å²) in [4.78, 5) is 16.6. The molecule has 0 aliphatic carbocycles. The minimum atomic E-state index is -4.91. The van der Waals surface area contributed by atoms with E-state index in [4.69, 9.17) is 28.5 Å². The summed E-state index contributed by atoms with van der Waals surface area (Å²) >= 11 is 12.1. The van der Waals surface area contributed by atoms with Crippen LogP contribution in [0.5, 0.6) is 0 Å². The van der Waals surface area contributed by atoms with Crippen LogP contribution in [-0.2, 0) is 27.4 Å². The molecule has 0 unspecified atom stereocenters. The summed E-state index contributed by atoms with van der Waals surface area (Å²) in [6.45, 7) is 2.22. The zero-order valence-electron chi connectivity index (χ0n) is 22.5. The Morgan fingerprint density at radius 3 is 2.43 bits per heavy atom. The molecule has 7 nitrogen and oxygen atoms in total. The largest absolute Gasteiger partial charge is 0.417 e. The van der Waals surface area contributed by atoms with Gasteiger partial charge >= 0.3 is 6.18 Å². The van der Waals surface area contributed by atoms with Crippen LogP contribution in [0.15, 0.2) is 65.6 Å². The highest BCUT2D eigenvalue weighted by Gasteiger charge is 2.35. The summed E-state index contributed by atoms with van der Waals surface area (Å²) in [7, 11) is -2.77. The van der Waals surface area contributed by atoms with Crippen LogP contribution in [0.1, 0.15) is 41.1 Å². The monoisotopic (exact) mass is 638 g/mol. The van der Waals surface area contributed by atoms with Crippen LogP contribution >= 0.6 is 23.2 Å². The Kier molecular flexibility index (Phi) is 9.73. The van der Waals surface area contributed by atoms with Gasteiger partial charge in [0.2, 0.25) is 5.91 Å². The number of hydrogen-bond donors (Lipinski definition) is 1. The third-order valence-corrected chi connectivity index (χ3v) is 9.20. The first-order valence-electron chi connectivity index (χ1n) is 12.9. The molecular formula is C29H27Cl2F3N4O3S. The molecule has 4 rings (SSSR count). The van der Waals surface area contributed by atoms with Crippen LogP contribution in [-0.4, -0.2) is 50.8 Å². The van der Waals surface area contributed by atoms with Crippen LogP contribution in [0.25, 0.3) is 0 Å². The van der Waals surface area contributed by atoms with E-state index >= 15 is 0 Å². The second-order valence-electron chi connectivity index (χ2n) is 10.0. The minimum absolute atomic E-state index is 0.0659. The number of rotatable bonds is 9. The predicted octanol–water partition coefficient (Wildman–Crippen LogP) is 6.52. The molecule has 1 atom stereocenters. The Hall–Kier alpha value is -3.30. The Morgan fingerprint density at radius 1 is 1.07 bits per heavy atom. The number of sulfonamides is 1. The first-order valence-corrected chi connectivity index (χ1v) is 15.2. The summed E-state index contributed by atoms with van der Waals surface area (Å²) in [5, 5.41) is 9.74. The number of benzene rings is 3. The van der Waals surface area contributed by atoms with Gasteiger partial charge in [-0.3, -0.25) is 9.52 Å². The Balaban J connectivity index is 1.61. The molecule has 1 amide bonds. The normalized spacial score (nSPS) is 14.8. The van der Waals surface area contributed by atoms with E-state index in [-0.39, 0.29) is 18.0 Å². The summed E-state index contributed by atoms with van der Waals surface area (Å²) < 4.78 is 68.8. The number of likely N-dealkylation sites (N-methyl/N-ethyl adjacent to an activating group) is 1. The highest BCUT2D eigenvalue weighted by molar-refractivity contribution is 7.92. The molecule has 1 heterocycles. The SMILES string of the molecule is CN(C(=O)Cc1ccc(Cl)c(Cl)c1)[C@H](CN1CCCC1)c1cccc(NS(=O)(=O)c2ccc(C#N)c(C(F)(F)F)c2)c1. The van der Waals surface area contributed by atoms with Crippen molar-refractivity contribution >= 4 is 44.8 Å². The van der Waals surface area contributed by atoms with Gasteiger partial charge in [0.25, 0.3) is 10.0 Å². The fraction of sp³-hybridized carbons (Fsp3) is 0.310. The Bertz CT molecular complexity index is 1620. The fourth-order valence-corrected chi connectivity index (χ4v) is 6.23. The van der Waals surface area contributed by atoms with Gasteiger partial charge in [-0.25, -0.2) is 8.42 Å². The maximum Gasteiger partial charge on any atom is 0.417 e. The maximum absolute atomic E-state index is 13.4. The van der Waals surface area contributed by atoms with Crippen molar-refractivity contribution in [2.24, 2.45) is 0 Å². The lowest BCUT2D eigenvalue weighted by Crippen LogP contribution is -2.39. The summed E-state index contributed by atoms with van der Waals surface area (Å²) in [6, 6.07) is 14.6. The van der Waals surface area contributed by atoms with Crippen molar-refractivity contribution in [3.8, 4) is 6.07 Å².